The first-order valence-electron chi connectivity index (χ1n) is 8.68. The monoisotopic (exact) mass is 453 g/mol. The maximum Gasteiger partial charge on any atom is 0.166 e. The molecule has 3 rings (SSSR count). The number of hydrogen-bond donors (Lipinski definition) is 1. The number of nitrogens with zero attached hydrogens (tertiary/aromatic N) is 2. The Bertz CT molecular complexity index is 1110. The summed E-state index contributed by atoms with van der Waals surface area (Å²) >= 11 is 12.1. The average Bonchev–Trinajstić information content (AvgIpc) is 2.68. The molecule has 0 atom stereocenters. The van der Waals surface area contributed by atoms with E-state index in [1.165, 1.54) is 12.1 Å². The maximum atomic E-state index is 13.6. The first-order chi connectivity index (χ1) is 13.7. The lowest BCUT2D eigenvalue weighted by Crippen LogP contribution is -2.07. The predicted molar refractivity (Wildman–Crippen MR) is 117 cm³/mol. The lowest BCUT2D eigenvalue weighted by Gasteiger charge is -2.13. The van der Waals surface area contributed by atoms with E-state index < -0.39 is 13.0 Å². The zero-order valence-electron chi connectivity index (χ0n) is 15.8. The second-order valence-electron chi connectivity index (χ2n) is 6.81. The van der Waals surface area contributed by atoms with Gasteiger partial charge in [-0.05, 0) is 43.2 Å². The van der Waals surface area contributed by atoms with Crippen molar-refractivity contribution in [3.63, 3.8) is 0 Å². The third-order valence-corrected chi connectivity index (χ3v) is 6.56. The zero-order chi connectivity index (χ0) is 21.2. The Morgan fingerprint density at radius 3 is 2.59 bits per heavy atom. The molecule has 0 amide bonds. The van der Waals surface area contributed by atoms with Crippen LogP contribution >= 0.6 is 30.3 Å². The number of pyridine rings is 2. The van der Waals surface area contributed by atoms with Gasteiger partial charge >= 0.3 is 0 Å². The van der Waals surface area contributed by atoms with Crippen molar-refractivity contribution in [2.75, 3.05) is 25.7 Å². The van der Waals surface area contributed by atoms with Gasteiger partial charge in [-0.3, -0.25) is 4.98 Å². The molecule has 0 aliphatic rings. The molecule has 0 spiro atoms. The van der Waals surface area contributed by atoms with Crippen LogP contribution in [-0.2, 0) is 11.0 Å². The fourth-order valence-corrected chi connectivity index (χ4v) is 4.02. The molecule has 0 saturated heterocycles. The van der Waals surface area contributed by atoms with Crippen LogP contribution in [0.3, 0.4) is 0 Å². The Hall–Kier alpha value is -2.14. The minimum atomic E-state index is -2.45. The molecule has 2 aromatic heterocycles. The molecular weight excluding hydrogens is 435 g/mol. The van der Waals surface area contributed by atoms with Gasteiger partial charge in [-0.15, -0.1) is 0 Å². The summed E-state index contributed by atoms with van der Waals surface area (Å²) in [6, 6.07) is 6.22. The number of halogens is 3. The Morgan fingerprint density at radius 2 is 1.86 bits per heavy atom. The molecule has 0 fully saturated rings. The van der Waals surface area contributed by atoms with Crippen molar-refractivity contribution in [2.45, 2.75) is 6.42 Å². The molecule has 0 saturated carbocycles. The number of benzene rings is 1. The highest BCUT2D eigenvalue weighted by atomic mass is 35.5. The summed E-state index contributed by atoms with van der Waals surface area (Å²) in [5.74, 6) is 0.0458. The van der Waals surface area contributed by atoms with Crippen molar-refractivity contribution in [1.29, 1.82) is 0 Å². The van der Waals surface area contributed by atoms with Crippen molar-refractivity contribution in [2.24, 2.45) is 0 Å². The second-order valence-corrected chi connectivity index (χ2v) is 10.8. The van der Waals surface area contributed by atoms with Crippen molar-refractivity contribution in [3.8, 4) is 16.9 Å². The molecule has 0 aliphatic heterocycles. The molecule has 0 unspecified atom stereocenters. The van der Waals surface area contributed by atoms with Crippen LogP contribution in [0, 0.1) is 5.82 Å². The van der Waals surface area contributed by atoms with Crippen LogP contribution in [0.1, 0.15) is 5.56 Å². The van der Waals surface area contributed by atoms with E-state index in [-0.39, 0.29) is 17.4 Å². The number of ether oxygens (including phenoxy) is 1. The van der Waals surface area contributed by atoms with Gasteiger partial charge in [-0.25, -0.2) is 9.37 Å². The topological polar surface area (TPSA) is 78.1 Å². The third-order valence-electron chi connectivity index (χ3n) is 4.31. The number of anilines is 1. The third kappa shape index (κ3) is 5.08. The highest BCUT2D eigenvalue weighted by Crippen LogP contribution is 2.36. The molecule has 0 radical (unpaired) electrons. The highest BCUT2D eigenvalue weighted by Gasteiger charge is 2.14. The number of hydrogen-bond acceptors (Lipinski definition) is 5. The lowest BCUT2D eigenvalue weighted by molar-refractivity contribution is 0.322. The Morgan fingerprint density at radius 1 is 1.14 bits per heavy atom. The number of rotatable bonds is 6. The Labute approximate surface area is 178 Å². The van der Waals surface area contributed by atoms with Gasteiger partial charge in [0, 0.05) is 46.5 Å². The van der Waals surface area contributed by atoms with Gasteiger partial charge in [0.1, 0.15) is 13.0 Å². The molecule has 5 nitrogen and oxygen atoms in total. The van der Waals surface area contributed by atoms with Gasteiger partial charge in [0.25, 0.3) is 0 Å². The molecule has 2 heterocycles. The van der Waals surface area contributed by atoms with E-state index in [0.29, 0.717) is 28.1 Å². The molecular formula is C20H19Cl2FN3O2P. The molecule has 2 N–H and O–H groups in total. The Kier molecular flexibility index (Phi) is 6.47. The van der Waals surface area contributed by atoms with E-state index in [1.54, 1.807) is 38.0 Å². The minimum Gasteiger partial charge on any atom is -0.489 e. The first-order valence-corrected chi connectivity index (χ1v) is 12.0. The summed E-state index contributed by atoms with van der Waals surface area (Å²) < 4.78 is 31.7. The Balaban J connectivity index is 1.80. The molecule has 152 valence electrons. The van der Waals surface area contributed by atoms with Crippen LogP contribution in [0.15, 0.2) is 42.9 Å². The summed E-state index contributed by atoms with van der Waals surface area (Å²) in [6.45, 7) is 3.55. The molecule has 0 bridgehead atoms. The van der Waals surface area contributed by atoms with E-state index in [4.69, 9.17) is 33.7 Å². The lowest BCUT2D eigenvalue weighted by atomic mass is 10.1. The number of nitrogens with two attached hydrogens (primary N) is 1. The molecule has 9 heteroatoms. The summed E-state index contributed by atoms with van der Waals surface area (Å²) in [5, 5.41) is 1.02. The summed E-state index contributed by atoms with van der Waals surface area (Å²) in [4.78, 5) is 8.34. The van der Waals surface area contributed by atoms with E-state index in [0.717, 1.165) is 11.1 Å². The summed E-state index contributed by atoms with van der Waals surface area (Å²) in [6.07, 6.45) is 5.14. The van der Waals surface area contributed by atoms with Gasteiger partial charge in [-0.2, -0.15) is 0 Å². The standard InChI is InChI=1S/C20H19Cl2FN3O2P/c1-29(2,27)14-7-12(9-25-11-14)13-8-18(20(24)26-10-13)28-6-5-15-16(21)3-4-17(23)19(15)22/h3-4,7-11H,5-6H2,1-2H3,(H2,24,26). The summed E-state index contributed by atoms with van der Waals surface area (Å²) in [5.41, 5.74) is 7.86. The quantitative estimate of drug-likeness (QED) is 0.417. The number of aromatic nitrogens is 2. The zero-order valence-corrected chi connectivity index (χ0v) is 18.2. The van der Waals surface area contributed by atoms with Crippen LogP contribution in [0.5, 0.6) is 5.75 Å². The molecule has 3 aromatic rings. The van der Waals surface area contributed by atoms with Crippen LogP contribution in [0.2, 0.25) is 10.0 Å². The van der Waals surface area contributed by atoms with E-state index >= 15 is 0 Å². The highest BCUT2D eigenvalue weighted by molar-refractivity contribution is 7.70. The minimum absolute atomic E-state index is 0.0209. The van der Waals surface area contributed by atoms with E-state index in [1.807, 2.05) is 6.07 Å². The van der Waals surface area contributed by atoms with Gasteiger partial charge in [0.15, 0.2) is 11.6 Å². The van der Waals surface area contributed by atoms with Gasteiger partial charge in [0.2, 0.25) is 0 Å². The predicted octanol–water partition coefficient (Wildman–Crippen LogP) is 5.04. The summed E-state index contributed by atoms with van der Waals surface area (Å²) in [7, 11) is -2.45. The van der Waals surface area contributed by atoms with Crippen LogP contribution in [0.25, 0.3) is 11.1 Å². The largest absolute Gasteiger partial charge is 0.489 e. The normalized spacial score (nSPS) is 11.5. The molecule has 29 heavy (non-hydrogen) atoms. The number of nitrogen functional groups attached to an aromatic ring is 1. The van der Waals surface area contributed by atoms with Crippen LogP contribution in [0.4, 0.5) is 10.2 Å². The maximum absolute atomic E-state index is 13.6. The van der Waals surface area contributed by atoms with E-state index in [9.17, 15) is 8.96 Å². The van der Waals surface area contributed by atoms with E-state index in [2.05, 4.69) is 9.97 Å². The van der Waals surface area contributed by atoms with Crippen LogP contribution in [-0.4, -0.2) is 29.9 Å². The average molecular weight is 454 g/mol. The van der Waals surface area contributed by atoms with Crippen molar-refractivity contribution in [1.82, 2.24) is 9.97 Å². The molecule has 1 aromatic carbocycles. The molecule has 0 aliphatic carbocycles. The van der Waals surface area contributed by atoms with Crippen molar-refractivity contribution < 1.29 is 13.7 Å². The fraction of sp³-hybridized carbons (Fsp3) is 0.200. The SMILES string of the molecule is CP(C)(=O)c1cncc(-c2cnc(N)c(OCCc3c(Cl)ccc(F)c3Cl)c2)c1. The van der Waals surface area contributed by atoms with Gasteiger partial charge in [0.05, 0.1) is 11.6 Å². The van der Waals surface area contributed by atoms with Gasteiger partial charge in [-0.1, -0.05) is 23.2 Å². The smallest absolute Gasteiger partial charge is 0.166 e. The first kappa shape index (κ1) is 21.6. The van der Waals surface area contributed by atoms with Crippen molar-refractivity contribution in [3.05, 3.63) is 64.3 Å². The van der Waals surface area contributed by atoms with Crippen LogP contribution < -0.4 is 15.8 Å². The fourth-order valence-electron chi connectivity index (χ4n) is 2.67. The van der Waals surface area contributed by atoms with Crippen molar-refractivity contribution >= 4 is 41.5 Å². The van der Waals surface area contributed by atoms with Gasteiger partial charge < -0.3 is 15.0 Å². The second kappa shape index (κ2) is 8.70.